The van der Waals surface area contributed by atoms with Crippen LogP contribution in [0.1, 0.15) is 109 Å². The molecule has 182 valence electrons. The molecule has 2 unspecified atom stereocenters. The maximum absolute atomic E-state index is 11.3. The second-order valence-electron chi connectivity index (χ2n) is 8.80. The first-order chi connectivity index (χ1) is 15.5. The summed E-state index contributed by atoms with van der Waals surface area (Å²) < 4.78 is 11.4. The molecule has 0 fully saturated rings. The van der Waals surface area contributed by atoms with Gasteiger partial charge in [-0.05, 0) is 37.7 Å². The van der Waals surface area contributed by atoms with E-state index in [1.54, 1.807) is 0 Å². The van der Waals surface area contributed by atoms with Gasteiger partial charge in [-0.25, -0.2) is 0 Å². The van der Waals surface area contributed by atoms with E-state index in [-0.39, 0.29) is 24.6 Å². The largest absolute Gasteiger partial charge is 0.481 e. The van der Waals surface area contributed by atoms with Gasteiger partial charge in [0.25, 0.3) is 0 Å². The van der Waals surface area contributed by atoms with Crippen LogP contribution in [0.2, 0.25) is 0 Å². The van der Waals surface area contributed by atoms with Crippen LogP contribution in [-0.2, 0) is 25.7 Å². The molecule has 0 amide bonds. The molecule has 1 aromatic carbocycles. The van der Waals surface area contributed by atoms with Gasteiger partial charge in [0.2, 0.25) is 0 Å². The Bertz CT molecular complexity index is 601. The first kappa shape index (κ1) is 28.2. The molecular weight excluding hydrogens is 404 g/mol. The number of esters is 1. The van der Waals surface area contributed by atoms with Gasteiger partial charge in [0.05, 0.1) is 19.1 Å². The van der Waals surface area contributed by atoms with Crippen LogP contribution in [0, 0.1) is 0 Å². The number of hydrogen-bond acceptors (Lipinski definition) is 4. The lowest BCUT2D eigenvalue weighted by Gasteiger charge is -2.17. The van der Waals surface area contributed by atoms with E-state index in [0.717, 1.165) is 69.8 Å². The summed E-state index contributed by atoms with van der Waals surface area (Å²) in [6.45, 7) is 4.16. The molecule has 0 saturated carbocycles. The summed E-state index contributed by atoms with van der Waals surface area (Å²) in [5.41, 5.74) is 1.07. The smallest absolute Gasteiger partial charge is 0.305 e. The van der Waals surface area contributed by atoms with Crippen molar-refractivity contribution in [3.8, 4) is 0 Å². The van der Waals surface area contributed by atoms with E-state index in [0.29, 0.717) is 6.61 Å². The molecule has 1 rings (SSSR count). The highest BCUT2D eigenvalue weighted by Gasteiger charge is 2.14. The summed E-state index contributed by atoms with van der Waals surface area (Å²) in [6.07, 6.45) is 14.1. The van der Waals surface area contributed by atoms with Crippen molar-refractivity contribution in [2.75, 3.05) is 0 Å². The normalized spacial score (nSPS) is 12.9. The van der Waals surface area contributed by atoms with E-state index < -0.39 is 5.97 Å². The Balaban J connectivity index is 2.15. The number of rotatable bonds is 20. The minimum absolute atomic E-state index is 0.0582. The van der Waals surface area contributed by atoms with Crippen molar-refractivity contribution in [3.63, 3.8) is 0 Å². The van der Waals surface area contributed by atoms with Crippen molar-refractivity contribution in [1.82, 2.24) is 0 Å². The van der Waals surface area contributed by atoms with Gasteiger partial charge in [0.1, 0.15) is 6.10 Å². The SMILES string of the molecule is CCCCCCC(CCCCCCCCC(CC(=O)O)OCc1ccccc1)OC(C)=O. The van der Waals surface area contributed by atoms with Crippen LogP contribution in [0.15, 0.2) is 30.3 Å². The summed E-state index contributed by atoms with van der Waals surface area (Å²) >= 11 is 0. The van der Waals surface area contributed by atoms with Gasteiger partial charge in [-0.2, -0.15) is 0 Å². The summed E-state index contributed by atoms with van der Waals surface area (Å²) in [4.78, 5) is 22.5. The second kappa shape index (κ2) is 18.7. The van der Waals surface area contributed by atoms with E-state index in [9.17, 15) is 9.59 Å². The van der Waals surface area contributed by atoms with E-state index in [4.69, 9.17) is 14.6 Å². The molecule has 0 saturated heterocycles. The summed E-state index contributed by atoms with van der Waals surface area (Å²) in [5, 5.41) is 9.15. The molecule has 1 N–H and O–H groups in total. The number of aliphatic carboxylic acids is 1. The minimum atomic E-state index is -0.805. The average molecular weight is 449 g/mol. The van der Waals surface area contributed by atoms with Crippen LogP contribution in [0.5, 0.6) is 0 Å². The Labute approximate surface area is 194 Å². The van der Waals surface area contributed by atoms with E-state index in [2.05, 4.69) is 6.92 Å². The minimum Gasteiger partial charge on any atom is -0.481 e. The predicted molar refractivity (Wildman–Crippen MR) is 129 cm³/mol. The van der Waals surface area contributed by atoms with Gasteiger partial charge >= 0.3 is 11.9 Å². The molecule has 0 spiro atoms. The molecule has 0 aromatic heterocycles. The van der Waals surface area contributed by atoms with Gasteiger partial charge in [-0.1, -0.05) is 88.6 Å². The average Bonchev–Trinajstić information content (AvgIpc) is 2.76. The molecule has 5 heteroatoms. The Kier molecular flexibility index (Phi) is 16.4. The van der Waals surface area contributed by atoms with E-state index in [1.165, 1.54) is 26.2 Å². The van der Waals surface area contributed by atoms with Crippen molar-refractivity contribution in [2.24, 2.45) is 0 Å². The van der Waals surface area contributed by atoms with Crippen LogP contribution in [0.25, 0.3) is 0 Å². The molecule has 0 aliphatic heterocycles. The van der Waals surface area contributed by atoms with Crippen LogP contribution < -0.4 is 0 Å². The predicted octanol–water partition coefficient (Wildman–Crippen LogP) is 7.07. The zero-order valence-corrected chi connectivity index (χ0v) is 20.2. The molecule has 32 heavy (non-hydrogen) atoms. The van der Waals surface area contributed by atoms with Gasteiger partial charge in [0, 0.05) is 6.92 Å². The summed E-state index contributed by atoms with van der Waals surface area (Å²) in [7, 11) is 0. The standard InChI is InChI=1S/C27H44O5/c1-3-4-5-13-18-25(32-23(2)28)19-14-8-6-7-9-15-20-26(21-27(29)30)31-22-24-16-11-10-12-17-24/h10-12,16-17,25-26H,3-9,13-15,18-22H2,1-2H3,(H,29,30). The van der Waals surface area contributed by atoms with E-state index >= 15 is 0 Å². The maximum Gasteiger partial charge on any atom is 0.305 e. The third-order valence-corrected chi connectivity index (χ3v) is 5.75. The number of carbonyl (C=O) groups excluding carboxylic acids is 1. The number of benzene rings is 1. The highest BCUT2D eigenvalue weighted by molar-refractivity contribution is 5.67. The quantitative estimate of drug-likeness (QED) is 0.171. The highest BCUT2D eigenvalue weighted by atomic mass is 16.5. The molecule has 0 aliphatic carbocycles. The van der Waals surface area contributed by atoms with Crippen molar-refractivity contribution in [2.45, 2.75) is 123 Å². The van der Waals surface area contributed by atoms with Crippen molar-refractivity contribution < 1.29 is 24.2 Å². The van der Waals surface area contributed by atoms with Crippen LogP contribution >= 0.6 is 0 Å². The van der Waals surface area contributed by atoms with Gasteiger partial charge < -0.3 is 14.6 Å². The topological polar surface area (TPSA) is 72.8 Å². The first-order valence-electron chi connectivity index (χ1n) is 12.6. The molecule has 0 radical (unpaired) electrons. The number of unbranched alkanes of at least 4 members (excludes halogenated alkanes) is 8. The molecule has 0 heterocycles. The van der Waals surface area contributed by atoms with Gasteiger partial charge in [-0.15, -0.1) is 0 Å². The Morgan fingerprint density at radius 2 is 1.34 bits per heavy atom. The molecule has 1 aromatic rings. The van der Waals surface area contributed by atoms with Crippen LogP contribution in [0.4, 0.5) is 0 Å². The fraction of sp³-hybridized carbons (Fsp3) is 0.704. The Morgan fingerprint density at radius 3 is 1.88 bits per heavy atom. The molecule has 5 nitrogen and oxygen atoms in total. The van der Waals surface area contributed by atoms with Gasteiger partial charge in [-0.3, -0.25) is 9.59 Å². The monoisotopic (exact) mass is 448 g/mol. The number of hydrogen-bond donors (Lipinski definition) is 1. The maximum atomic E-state index is 11.3. The Morgan fingerprint density at radius 1 is 0.812 bits per heavy atom. The summed E-state index contributed by atoms with van der Waals surface area (Å²) in [5.74, 6) is -0.976. The third-order valence-electron chi connectivity index (χ3n) is 5.75. The summed E-state index contributed by atoms with van der Waals surface area (Å²) in [6, 6.07) is 9.88. The molecule has 0 aliphatic rings. The molecule has 0 bridgehead atoms. The van der Waals surface area contributed by atoms with Gasteiger partial charge in [0.15, 0.2) is 0 Å². The first-order valence-corrected chi connectivity index (χ1v) is 12.6. The Hall–Kier alpha value is -1.88. The number of carboxylic acids is 1. The zero-order chi connectivity index (χ0) is 23.4. The van der Waals surface area contributed by atoms with Crippen LogP contribution in [-0.4, -0.2) is 29.3 Å². The highest BCUT2D eigenvalue weighted by Crippen LogP contribution is 2.18. The fourth-order valence-electron chi connectivity index (χ4n) is 3.97. The zero-order valence-electron chi connectivity index (χ0n) is 20.2. The van der Waals surface area contributed by atoms with E-state index in [1.807, 2.05) is 30.3 Å². The third kappa shape index (κ3) is 15.9. The lowest BCUT2D eigenvalue weighted by molar-refractivity contribution is -0.147. The lowest BCUT2D eigenvalue weighted by Crippen LogP contribution is -2.17. The van der Waals surface area contributed by atoms with Crippen LogP contribution in [0.3, 0.4) is 0 Å². The number of carbonyl (C=O) groups is 2. The number of ether oxygens (including phenoxy) is 2. The molecular formula is C27H44O5. The van der Waals surface area contributed by atoms with Crippen molar-refractivity contribution in [1.29, 1.82) is 0 Å². The lowest BCUT2D eigenvalue weighted by atomic mass is 10.0. The molecule has 2 atom stereocenters. The second-order valence-corrected chi connectivity index (χ2v) is 8.80. The number of carboxylic acid groups (broad SMARTS) is 1. The van der Waals surface area contributed by atoms with Crippen molar-refractivity contribution >= 4 is 11.9 Å². The van der Waals surface area contributed by atoms with Crippen molar-refractivity contribution in [3.05, 3.63) is 35.9 Å². The fourth-order valence-corrected chi connectivity index (χ4v) is 3.97.